The summed E-state index contributed by atoms with van der Waals surface area (Å²) in [5, 5.41) is 12.2. The van der Waals surface area contributed by atoms with Gasteiger partial charge in [0.25, 0.3) is 0 Å². The van der Waals surface area contributed by atoms with Gasteiger partial charge in [0, 0.05) is 30.3 Å². The summed E-state index contributed by atoms with van der Waals surface area (Å²) < 4.78 is 3.92. The summed E-state index contributed by atoms with van der Waals surface area (Å²) in [6, 6.07) is 13.8. The molecule has 6 heteroatoms. The van der Waals surface area contributed by atoms with Crippen molar-refractivity contribution < 1.29 is 4.79 Å². The van der Waals surface area contributed by atoms with Crippen molar-refractivity contribution >= 4 is 22.5 Å². The third-order valence-electron chi connectivity index (χ3n) is 4.16. The number of carbonyl (C=O) groups excluding carboxylic acids is 1. The quantitative estimate of drug-likeness (QED) is 0.626. The molecule has 0 bridgehead atoms. The van der Waals surface area contributed by atoms with Crippen LogP contribution in [0.15, 0.2) is 54.9 Å². The van der Waals surface area contributed by atoms with E-state index in [2.05, 4.69) is 21.6 Å². The molecule has 1 amide bonds. The summed E-state index contributed by atoms with van der Waals surface area (Å²) in [5.74, 6) is 0.691. The molecule has 1 N–H and O–H groups in total. The first-order valence-electron chi connectivity index (χ1n) is 7.80. The number of hydrogen-bond donors (Lipinski definition) is 1. The van der Waals surface area contributed by atoms with Crippen LogP contribution in [0.3, 0.4) is 0 Å². The highest BCUT2D eigenvalue weighted by Gasteiger charge is 2.11. The zero-order chi connectivity index (χ0) is 16.5. The van der Waals surface area contributed by atoms with Gasteiger partial charge in [0.05, 0.1) is 13.0 Å². The molecule has 0 saturated heterocycles. The minimum Gasteiger partial charge on any atom is -0.350 e. The third-order valence-corrected chi connectivity index (χ3v) is 4.16. The lowest BCUT2D eigenvalue weighted by atomic mass is 10.1. The zero-order valence-electron chi connectivity index (χ0n) is 13.3. The fraction of sp³-hybridized carbons (Fsp3) is 0.167. The van der Waals surface area contributed by atoms with Crippen LogP contribution >= 0.6 is 0 Å². The van der Waals surface area contributed by atoms with Crippen LogP contribution in [-0.2, 0) is 24.8 Å². The van der Waals surface area contributed by atoms with Gasteiger partial charge in [0.2, 0.25) is 5.91 Å². The van der Waals surface area contributed by atoms with Crippen LogP contribution < -0.4 is 5.32 Å². The Bertz CT molecular complexity index is 1030. The van der Waals surface area contributed by atoms with E-state index in [-0.39, 0.29) is 5.91 Å². The Labute approximate surface area is 138 Å². The maximum atomic E-state index is 12.3. The van der Waals surface area contributed by atoms with E-state index in [0.717, 1.165) is 27.9 Å². The average Bonchev–Trinajstić information content (AvgIpc) is 3.15. The van der Waals surface area contributed by atoms with Crippen LogP contribution in [-0.4, -0.2) is 25.1 Å². The highest BCUT2D eigenvalue weighted by molar-refractivity contribution is 5.89. The van der Waals surface area contributed by atoms with E-state index >= 15 is 0 Å². The fourth-order valence-corrected chi connectivity index (χ4v) is 2.99. The predicted molar refractivity (Wildman–Crippen MR) is 91.5 cm³/mol. The summed E-state index contributed by atoms with van der Waals surface area (Å²) in [6.07, 6.45) is 4.25. The molecule has 1 aromatic carbocycles. The molecule has 6 nitrogen and oxygen atoms in total. The number of hydrogen-bond acceptors (Lipinski definition) is 3. The van der Waals surface area contributed by atoms with Crippen LogP contribution in [0.25, 0.3) is 16.6 Å². The van der Waals surface area contributed by atoms with Crippen LogP contribution in [0, 0.1) is 0 Å². The van der Waals surface area contributed by atoms with E-state index in [1.165, 1.54) is 0 Å². The lowest BCUT2D eigenvalue weighted by molar-refractivity contribution is -0.120. The Morgan fingerprint density at radius 2 is 1.96 bits per heavy atom. The molecular weight excluding hydrogens is 302 g/mol. The molecule has 0 atom stereocenters. The Morgan fingerprint density at radius 3 is 2.88 bits per heavy atom. The lowest BCUT2D eigenvalue weighted by Gasteiger charge is -2.04. The van der Waals surface area contributed by atoms with Crippen molar-refractivity contribution in [2.24, 2.45) is 7.05 Å². The van der Waals surface area contributed by atoms with Gasteiger partial charge in [-0.15, -0.1) is 10.2 Å². The van der Waals surface area contributed by atoms with E-state index in [1.54, 1.807) is 0 Å². The van der Waals surface area contributed by atoms with Gasteiger partial charge in [0.15, 0.2) is 11.5 Å². The Morgan fingerprint density at radius 1 is 1.12 bits per heavy atom. The highest BCUT2D eigenvalue weighted by atomic mass is 16.1. The zero-order valence-corrected chi connectivity index (χ0v) is 13.3. The number of pyridine rings is 1. The van der Waals surface area contributed by atoms with Gasteiger partial charge in [0.1, 0.15) is 0 Å². The van der Waals surface area contributed by atoms with Crippen molar-refractivity contribution in [3.8, 4) is 0 Å². The largest absolute Gasteiger partial charge is 0.350 e. The minimum absolute atomic E-state index is 0.0287. The molecule has 4 rings (SSSR count). The summed E-state index contributed by atoms with van der Waals surface area (Å²) in [6.45, 7) is 0.356. The average molecular weight is 319 g/mol. The first kappa shape index (κ1) is 14.4. The molecule has 0 aliphatic carbocycles. The lowest BCUT2D eigenvalue weighted by Crippen LogP contribution is -2.25. The third kappa shape index (κ3) is 2.52. The first-order chi connectivity index (χ1) is 11.7. The van der Waals surface area contributed by atoms with Gasteiger partial charge >= 0.3 is 0 Å². The summed E-state index contributed by atoms with van der Waals surface area (Å²) in [4.78, 5) is 12.3. The van der Waals surface area contributed by atoms with E-state index < -0.39 is 0 Å². The maximum Gasteiger partial charge on any atom is 0.224 e. The summed E-state index contributed by atoms with van der Waals surface area (Å²) >= 11 is 0. The molecular formula is C18H17N5O. The van der Waals surface area contributed by atoms with E-state index in [1.807, 2.05) is 64.8 Å². The number of nitrogens with zero attached hydrogens (tertiary/aromatic N) is 4. The monoisotopic (exact) mass is 319 g/mol. The number of aryl methyl sites for hydroxylation is 1. The van der Waals surface area contributed by atoms with Crippen molar-refractivity contribution in [3.63, 3.8) is 0 Å². The molecule has 0 aliphatic heterocycles. The smallest absolute Gasteiger partial charge is 0.224 e. The molecule has 3 heterocycles. The number of amides is 1. The Kier molecular flexibility index (Phi) is 3.49. The summed E-state index contributed by atoms with van der Waals surface area (Å²) in [7, 11) is 1.99. The number of benzene rings is 1. The van der Waals surface area contributed by atoms with Gasteiger partial charge < -0.3 is 9.88 Å². The van der Waals surface area contributed by atoms with Gasteiger partial charge in [-0.2, -0.15) is 0 Å². The maximum absolute atomic E-state index is 12.3. The second kappa shape index (κ2) is 5.81. The second-order valence-corrected chi connectivity index (χ2v) is 5.78. The number of para-hydroxylation sites is 1. The van der Waals surface area contributed by atoms with Crippen molar-refractivity contribution in [3.05, 3.63) is 66.2 Å². The molecule has 0 fully saturated rings. The highest BCUT2D eigenvalue weighted by Crippen LogP contribution is 2.20. The number of aromatic nitrogens is 4. The van der Waals surface area contributed by atoms with Gasteiger partial charge in [-0.3, -0.25) is 9.20 Å². The van der Waals surface area contributed by atoms with E-state index in [4.69, 9.17) is 0 Å². The molecule has 0 unspecified atom stereocenters. The molecule has 0 aliphatic rings. The van der Waals surface area contributed by atoms with Crippen LogP contribution in [0.1, 0.15) is 11.4 Å². The molecule has 0 radical (unpaired) electrons. The van der Waals surface area contributed by atoms with Crippen LogP contribution in [0.2, 0.25) is 0 Å². The van der Waals surface area contributed by atoms with Crippen LogP contribution in [0.5, 0.6) is 0 Å². The Balaban J connectivity index is 1.48. The van der Waals surface area contributed by atoms with Crippen molar-refractivity contribution in [1.82, 2.24) is 24.5 Å². The van der Waals surface area contributed by atoms with Crippen LogP contribution in [0.4, 0.5) is 0 Å². The normalized spacial score (nSPS) is 11.2. The van der Waals surface area contributed by atoms with E-state index in [0.29, 0.717) is 13.0 Å². The molecule has 120 valence electrons. The number of fused-ring (bicyclic) bond motifs is 2. The second-order valence-electron chi connectivity index (χ2n) is 5.78. The minimum atomic E-state index is -0.0287. The molecule has 3 aromatic heterocycles. The number of nitrogens with one attached hydrogen (secondary N) is 1. The SMILES string of the molecule is Cn1cc(CC(=O)NCc2nnc3ccccn23)c2ccccc21. The number of carbonyl (C=O) groups is 1. The standard InChI is InChI=1S/C18H17N5O/c1-22-12-13(14-6-2-3-7-15(14)22)10-18(24)19-11-17-21-20-16-8-4-5-9-23(16)17/h2-9,12H,10-11H2,1H3,(H,19,24). The first-order valence-corrected chi connectivity index (χ1v) is 7.80. The molecule has 0 spiro atoms. The number of rotatable bonds is 4. The molecule has 24 heavy (non-hydrogen) atoms. The molecule has 0 saturated carbocycles. The fourth-order valence-electron chi connectivity index (χ4n) is 2.99. The van der Waals surface area contributed by atoms with Gasteiger partial charge in [-0.25, -0.2) is 0 Å². The topological polar surface area (TPSA) is 64.2 Å². The van der Waals surface area contributed by atoms with Gasteiger partial charge in [-0.05, 0) is 23.8 Å². The predicted octanol–water partition coefficient (Wildman–Crippen LogP) is 2.08. The molecule has 4 aromatic rings. The summed E-state index contributed by atoms with van der Waals surface area (Å²) in [5.41, 5.74) is 2.93. The van der Waals surface area contributed by atoms with Crippen molar-refractivity contribution in [2.75, 3.05) is 0 Å². The van der Waals surface area contributed by atoms with E-state index in [9.17, 15) is 4.79 Å². The Hall–Kier alpha value is -3.15. The van der Waals surface area contributed by atoms with Crippen molar-refractivity contribution in [1.29, 1.82) is 0 Å². The van der Waals surface area contributed by atoms with Crippen molar-refractivity contribution in [2.45, 2.75) is 13.0 Å². The van der Waals surface area contributed by atoms with Gasteiger partial charge in [-0.1, -0.05) is 24.3 Å².